The maximum atomic E-state index is 12.0. The predicted molar refractivity (Wildman–Crippen MR) is 78.1 cm³/mol. The van der Waals surface area contributed by atoms with Crippen molar-refractivity contribution in [2.45, 2.75) is 64.8 Å². The zero-order valence-electron chi connectivity index (χ0n) is 12.5. The van der Waals surface area contributed by atoms with E-state index in [1.54, 1.807) is 16.9 Å². The SMILES string of the molecule is CCCCCCCC(CC)NC(=O)c1ccn(C)n1. The Labute approximate surface area is 116 Å². The molecule has 1 aromatic heterocycles. The molecule has 0 aliphatic rings. The molecule has 0 aromatic carbocycles. The van der Waals surface area contributed by atoms with Crippen molar-refractivity contribution >= 4 is 5.91 Å². The van der Waals surface area contributed by atoms with E-state index in [0.717, 1.165) is 12.8 Å². The van der Waals surface area contributed by atoms with Crippen molar-refractivity contribution in [3.8, 4) is 0 Å². The summed E-state index contributed by atoms with van der Waals surface area (Å²) in [4.78, 5) is 12.0. The average Bonchev–Trinajstić information content (AvgIpc) is 2.83. The van der Waals surface area contributed by atoms with Gasteiger partial charge in [0.05, 0.1) is 0 Å². The summed E-state index contributed by atoms with van der Waals surface area (Å²) < 4.78 is 1.65. The Balaban J connectivity index is 2.29. The second kappa shape index (κ2) is 8.73. The van der Waals surface area contributed by atoms with Crippen LogP contribution in [-0.2, 0) is 7.05 Å². The molecular formula is C15H27N3O. The highest BCUT2D eigenvalue weighted by atomic mass is 16.2. The van der Waals surface area contributed by atoms with Gasteiger partial charge in [-0.15, -0.1) is 0 Å². The molecule has 1 aromatic rings. The van der Waals surface area contributed by atoms with Gasteiger partial charge in [0.1, 0.15) is 5.69 Å². The van der Waals surface area contributed by atoms with Crippen LogP contribution >= 0.6 is 0 Å². The van der Waals surface area contributed by atoms with E-state index in [2.05, 4.69) is 24.3 Å². The minimum atomic E-state index is -0.0546. The number of aromatic nitrogens is 2. The van der Waals surface area contributed by atoms with Gasteiger partial charge >= 0.3 is 0 Å². The number of carbonyl (C=O) groups excluding carboxylic acids is 1. The predicted octanol–water partition coefficient (Wildman–Crippen LogP) is 3.29. The molecule has 0 saturated carbocycles. The minimum absolute atomic E-state index is 0.0546. The molecule has 0 aliphatic heterocycles. The monoisotopic (exact) mass is 265 g/mol. The summed E-state index contributed by atoms with van der Waals surface area (Å²) in [6, 6.07) is 2.03. The molecule has 4 nitrogen and oxygen atoms in total. The number of hydrogen-bond donors (Lipinski definition) is 1. The maximum Gasteiger partial charge on any atom is 0.271 e. The van der Waals surface area contributed by atoms with Crippen LogP contribution in [0.3, 0.4) is 0 Å². The number of rotatable bonds is 9. The largest absolute Gasteiger partial charge is 0.348 e. The van der Waals surface area contributed by atoms with Gasteiger partial charge in [0.25, 0.3) is 5.91 Å². The van der Waals surface area contributed by atoms with E-state index in [4.69, 9.17) is 0 Å². The first kappa shape index (κ1) is 15.7. The van der Waals surface area contributed by atoms with Crippen molar-refractivity contribution in [3.05, 3.63) is 18.0 Å². The molecule has 1 amide bonds. The third kappa shape index (κ3) is 5.90. The van der Waals surface area contributed by atoms with E-state index in [1.807, 2.05) is 7.05 Å². The minimum Gasteiger partial charge on any atom is -0.348 e. The summed E-state index contributed by atoms with van der Waals surface area (Å²) in [6.07, 6.45) is 10.2. The van der Waals surface area contributed by atoms with Crippen LogP contribution < -0.4 is 5.32 Å². The maximum absolute atomic E-state index is 12.0. The van der Waals surface area contributed by atoms with Crippen LogP contribution in [0.5, 0.6) is 0 Å². The van der Waals surface area contributed by atoms with E-state index in [-0.39, 0.29) is 11.9 Å². The molecule has 1 unspecified atom stereocenters. The van der Waals surface area contributed by atoms with Crippen LogP contribution in [0.2, 0.25) is 0 Å². The van der Waals surface area contributed by atoms with E-state index in [0.29, 0.717) is 5.69 Å². The molecule has 0 spiro atoms. The van der Waals surface area contributed by atoms with Gasteiger partial charge in [-0.1, -0.05) is 46.0 Å². The first-order valence-electron chi connectivity index (χ1n) is 7.47. The fourth-order valence-electron chi connectivity index (χ4n) is 2.17. The van der Waals surface area contributed by atoms with Crippen molar-refractivity contribution in [1.82, 2.24) is 15.1 Å². The second-order valence-corrected chi connectivity index (χ2v) is 5.16. The Kier molecular flexibility index (Phi) is 7.23. The summed E-state index contributed by atoms with van der Waals surface area (Å²) >= 11 is 0. The van der Waals surface area contributed by atoms with E-state index in [9.17, 15) is 4.79 Å². The van der Waals surface area contributed by atoms with Crippen molar-refractivity contribution in [2.75, 3.05) is 0 Å². The summed E-state index contributed by atoms with van der Waals surface area (Å²) in [5, 5.41) is 7.20. The first-order chi connectivity index (χ1) is 9.17. The number of aryl methyl sites for hydroxylation is 1. The molecule has 1 rings (SSSR count). The van der Waals surface area contributed by atoms with Crippen LogP contribution in [0.15, 0.2) is 12.3 Å². The molecule has 1 heterocycles. The van der Waals surface area contributed by atoms with Crippen molar-refractivity contribution in [2.24, 2.45) is 7.05 Å². The van der Waals surface area contributed by atoms with Crippen LogP contribution in [0, 0.1) is 0 Å². The Morgan fingerprint density at radius 1 is 1.32 bits per heavy atom. The standard InChI is InChI=1S/C15H27N3O/c1-4-6-7-8-9-10-13(5-2)16-15(19)14-11-12-18(3)17-14/h11-13H,4-10H2,1-3H3,(H,16,19). The first-order valence-corrected chi connectivity index (χ1v) is 7.47. The van der Waals surface area contributed by atoms with Gasteiger partial charge in [0.15, 0.2) is 0 Å². The summed E-state index contributed by atoms with van der Waals surface area (Å²) in [5.41, 5.74) is 0.506. The van der Waals surface area contributed by atoms with Crippen LogP contribution in [0.1, 0.15) is 69.3 Å². The van der Waals surface area contributed by atoms with Crippen LogP contribution in [0.25, 0.3) is 0 Å². The lowest BCUT2D eigenvalue weighted by Crippen LogP contribution is -2.34. The molecule has 0 aliphatic carbocycles. The van der Waals surface area contributed by atoms with E-state index < -0.39 is 0 Å². The fraction of sp³-hybridized carbons (Fsp3) is 0.733. The smallest absolute Gasteiger partial charge is 0.271 e. The Hall–Kier alpha value is -1.32. The van der Waals surface area contributed by atoms with Crippen molar-refractivity contribution in [3.63, 3.8) is 0 Å². The third-order valence-corrected chi connectivity index (χ3v) is 3.43. The molecule has 108 valence electrons. The highest BCUT2D eigenvalue weighted by Gasteiger charge is 2.13. The number of carbonyl (C=O) groups is 1. The van der Waals surface area contributed by atoms with Gasteiger partial charge in [-0.25, -0.2) is 0 Å². The lowest BCUT2D eigenvalue weighted by atomic mass is 10.0. The highest BCUT2D eigenvalue weighted by molar-refractivity contribution is 5.92. The van der Waals surface area contributed by atoms with E-state index >= 15 is 0 Å². The highest BCUT2D eigenvalue weighted by Crippen LogP contribution is 2.09. The van der Waals surface area contributed by atoms with Gasteiger partial charge in [-0.2, -0.15) is 5.10 Å². The van der Waals surface area contributed by atoms with Crippen molar-refractivity contribution < 1.29 is 4.79 Å². The molecule has 4 heteroatoms. The quantitative estimate of drug-likeness (QED) is 0.696. The lowest BCUT2D eigenvalue weighted by molar-refractivity contribution is 0.0927. The zero-order chi connectivity index (χ0) is 14.1. The van der Waals surface area contributed by atoms with Crippen molar-refractivity contribution in [1.29, 1.82) is 0 Å². The molecular weight excluding hydrogens is 238 g/mol. The van der Waals surface area contributed by atoms with Gasteiger partial charge in [0, 0.05) is 19.3 Å². The summed E-state index contributed by atoms with van der Waals surface area (Å²) in [7, 11) is 1.82. The summed E-state index contributed by atoms with van der Waals surface area (Å²) in [5.74, 6) is -0.0546. The normalized spacial score (nSPS) is 12.4. The lowest BCUT2D eigenvalue weighted by Gasteiger charge is -2.16. The van der Waals surface area contributed by atoms with Gasteiger partial charge in [-0.05, 0) is 18.9 Å². The van der Waals surface area contributed by atoms with Crippen LogP contribution in [-0.4, -0.2) is 21.7 Å². The zero-order valence-corrected chi connectivity index (χ0v) is 12.5. The second-order valence-electron chi connectivity index (χ2n) is 5.16. The Morgan fingerprint density at radius 3 is 2.63 bits per heavy atom. The number of nitrogens with zero attached hydrogens (tertiary/aromatic N) is 2. The fourth-order valence-corrected chi connectivity index (χ4v) is 2.17. The van der Waals surface area contributed by atoms with Gasteiger partial charge in [-0.3, -0.25) is 9.48 Å². The van der Waals surface area contributed by atoms with Gasteiger partial charge in [0.2, 0.25) is 0 Å². The Morgan fingerprint density at radius 2 is 2.05 bits per heavy atom. The third-order valence-electron chi connectivity index (χ3n) is 3.43. The summed E-state index contributed by atoms with van der Waals surface area (Å²) in [6.45, 7) is 4.34. The number of hydrogen-bond acceptors (Lipinski definition) is 2. The number of unbranched alkanes of at least 4 members (excludes halogenated alkanes) is 4. The van der Waals surface area contributed by atoms with Gasteiger partial charge < -0.3 is 5.32 Å². The van der Waals surface area contributed by atoms with E-state index in [1.165, 1.54) is 32.1 Å². The number of amides is 1. The average molecular weight is 265 g/mol. The molecule has 0 saturated heterocycles. The molecule has 1 N–H and O–H groups in total. The Bertz CT molecular complexity index is 373. The molecule has 0 fully saturated rings. The van der Waals surface area contributed by atoms with Crippen LogP contribution in [0.4, 0.5) is 0 Å². The molecule has 1 atom stereocenters. The molecule has 0 radical (unpaired) electrons. The molecule has 19 heavy (non-hydrogen) atoms. The molecule has 0 bridgehead atoms. The number of nitrogens with one attached hydrogen (secondary N) is 1. The topological polar surface area (TPSA) is 46.9 Å².